The fraction of sp³-hybridized carbons (Fsp3) is 0.0625. The molecular formula is C16H11Cl2NO2. The lowest BCUT2D eigenvalue weighted by Gasteiger charge is -2.12. The van der Waals surface area contributed by atoms with E-state index >= 15 is 0 Å². The predicted octanol–water partition coefficient (Wildman–Crippen LogP) is 4.03. The molecule has 0 amide bonds. The first kappa shape index (κ1) is 14.0. The SMILES string of the molecule is COn1c(=O)cc(-c2ccc(Cl)cc2)c2ccc(Cl)cc21. The molecule has 0 aliphatic heterocycles. The molecule has 1 aromatic heterocycles. The van der Waals surface area contributed by atoms with Gasteiger partial charge in [-0.2, -0.15) is 0 Å². The van der Waals surface area contributed by atoms with Crippen LogP contribution in [-0.4, -0.2) is 11.8 Å². The molecule has 0 saturated heterocycles. The third-order valence-electron chi connectivity index (χ3n) is 3.27. The van der Waals surface area contributed by atoms with Gasteiger partial charge in [0.25, 0.3) is 5.56 Å². The molecular weight excluding hydrogens is 309 g/mol. The molecule has 0 aliphatic rings. The van der Waals surface area contributed by atoms with E-state index < -0.39 is 0 Å². The molecule has 5 heteroatoms. The van der Waals surface area contributed by atoms with E-state index in [4.69, 9.17) is 28.0 Å². The van der Waals surface area contributed by atoms with Gasteiger partial charge in [0.05, 0.1) is 5.52 Å². The van der Waals surface area contributed by atoms with Crippen molar-refractivity contribution in [2.75, 3.05) is 7.11 Å². The Balaban J connectivity index is 2.38. The number of halogens is 2. The van der Waals surface area contributed by atoms with Crippen LogP contribution in [0.25, 0.3) is 22.0 Å². The Labute approximate surface area is 131 Å². The summed E-state index contributed by atoms with van der Waals surface area (Å²) in [5, 5.41) is 2.07. The predicted molar refractivity (Wildman–Crippen MR) is 86.2 cm³/mol. The molecule has 2 aromatic carbocycles. The van der Waals surface area contributed by atoms with Crippen LogP contribution in [0.1, 0.15) is 0 Å². The Bertz CT molecular complexity index is 870. The summed E-state index contributed by atoms with van der Waals surface area (Å²) < 4.78 is 1.22. The fourth-order valence-corrected chi connectivity index (χ4v) is 2.63. The largest absolute Gasteiger partial charge is 0.413 e. The second-order valence-corrected chi connectivity index (χ2v) is 5.41. The highest BCUT2D eigenvalue weighted by Gasteiger charge is 2.11. The van der Waals surface area contributed by atoms with Crippen molar-refractivity contribution in [3.63, 3.8) is 0 Å². The molecule has 0 radical (unpaired) electrons. The van der Waals surface area contributed by atoms with E-state index in [-0.39, 0.29) is 5.56 Å². The highest BCUT2D eigenvalue weighted by molar-refractivity contribution is 6.31. The Kier molecular flexibility index (Phi) is 3.62. The molecule has 3 aromatic rings. The number of pyridine rings is 1. The van der Waals surface area contributed by atoms with Crippen molar-refractivity contribution in [1.29, 1.82) is 0 Å². The van der Waals surface area contributed by atoms with Gasteiger partial charge in [0, 0.05) is 21.5 Å². The molecule has 0 aliphatic carbocycles. The first-order valence-corrected chi connectivity index (χ1v) is 7.01. The van der Waals surface area contributed by atoms with Crippen molar-refractivity contribution in [2.45, 2.75) is 0 Å². The van der Waals surface area contributed by atoms with E-state index in [0.29, 0.717) is 15.6 Å². The molecule has 0 atom stereocenters. The maximum atomic E-state index is 12.2. The monoisotopic (exact) mass is 319 g/mol. The summed E-state index contributed by atoms with van der Waals surface area (Å²) in [6.45, 7) is 0. The van der Waals surface area contributed by atoms with Gasteiger partial charge in [-0.05, 0) is 35.4 Å². The van der Waals surface area contributed by atoms with E-state index in [2.05, 4.69) is 0 Å². The quantitative estimate of drug-likeness (QED) is 0.714. The Hall–Kier alpha value is -1.97. The van der Waals surface area contributed by atoms with Crippen LogP contribution in [0.5, 0.6) is 0 Å². The van der Waals surface area contributed by atoms with Crippen molar-refractivity contribution < 1.29 is 4.84 Å². The number of benzene rings is 2. The van der Waals surface area contributed by atoms with Gasteiger partial charge in [-0.25, -0.2) is 0 Å². The maximum Gasteiger partial charge on any atom is 0.284 e. The van der Waals surface area contributed by atoms with E-state index in [0.717, 1.165) is 16.5 Å². The first-order valence-electron chi connectivity index (χ1n) is 6.26. The summed E-state index contributed by atoms with van der Waals surface area (Å²) >= 11 is 11.9. The van der Waals surface area contributed by atoms with E-state index in [1.165, 1.54) is 11.8 Å². The van der Waals surface area contributed by atoms with Crippen LogP contribution >= 0.6 is 23.2 Å². The lowest BCUT2D eigenvalue weighted by molar-refractivity contribution is 0.169. The van der Waals surface area contributed by atoms with Gasteiger partial charge in [0.15, 0.2) is 0 Å². The molecule has 3 rings (SSSR count). The average Bonchev–Trinajstić information content (AvgIpc) is 2.47. The summed E-state index contributed by atoms with van der Waals surface area (Å²) in [4.78, 5) is 17.4. The molecule has 0 N–H and O–H groups in total. The Morgan fingerprint density at radius 2 is 1.62 bits per heavy atom. The summed E-state index contributed by atoms with van der Waals surface area (Å²) in [5.74, 6) is 0. The third-order valence-corrected chi connectivity index (χ3v) is 3.76. The van der Waals surface area contributed by atoms with Crippen LogP contribution in [0.3, 0.4) is 0 Å². The zero-order valence-electron chi connectivity index (χ0n) is 11.1. The second kappa shape index (κ2) is 5.43. The number of hydrogen-bond acceptors (Lipinski definition) is 2. The molecule has 21 heavy (non-hydrogen) atoms. The minimum atomic E-state index is -0.253. The average molecular weight is 320 g/mol. The van der Waals surface area contributed by atoms with Crippen molar-refractivity contribution in [1.82, 2.24) is 4.73 Å². The number of rotatable bonds is 2. The molecule has 0 fully saturated rings. The summed E-state index contributed by atoms with van der Waals surface area (Å²) in [6.07, 6.45) is 0. The molecule has 106 valence electrons. The van der Waals surface area contributed by atoms with Crippen LogP contribution in [0, 0.1) is 0 Å². The number of fused-ring (bicyclic) bond motifs is 1. The van der Waals surface area contributed by atoms with Gasteiger partial charge >= 0.3 is 0 Å². The molecule has 0 unspecified atom stereocenters. The van der Waals surface area contributed by atoms with E-state index in [1.54, 1.807) is 30.3 Å². The van der Waals surface area contributed by atoms with Crippen LogP contribution in [-0.2, 0) is 0 Å². The second-order valence-electron chi connectivity index (χ2n) is 4.54. The smallest absolute Gasteiger partial charge is 0.284 e. The highest BCUT2D eigenvalue weighted by Crippen LogP contribution is 2.29. The Morgan fingerprint density at radius 1 is 0.952 bits per heavy atom. The van der Waals surface area contributed by atoms with Crippen LogP contribution in [0.15, 0.2) is 53.3 Å². The minimum absolute atomic E-state index is 0.253. The van der Waals surface area contributed by atoms with Crippen molar-refractivity contribution in [3.05, 3.63) is 68.9 Å². The number of hydrogen-bond donors (Lipinski definition) is 0. The maximum absolute atomic E-state index is 12.2. The lowest BCUT2D eigenvalue weighted by atomic mass is 10.0. The summed E-state index contributed by atoms with van der Waals surface area (Å²) in [7, 11) is 1.45. The van der Waals surface area contributed by atoms with Gasteiger partial charge < -0.3 is 4.84 Å². The first-order chi connectivity index (χ1) is 10.1. The fourth-order valence-electron chi connectivity index (χ4n) is 2.34. The third kappa shape index (κ3) is 2.50. The molecule has 0 saturated carbocycles. The van der Waals surface area contributed by atoms with Crippen molar-refractivity contribution >= 4 is 34.1 Å². The topological polar surface area (TPSA) is 31.2 Å². The van der Waals surface area contributed by atoms with Crippen LogP contribution in [0.4, 0.5) is 0 Å². The molecule has 1 heterocycles. The van der Waals surface area contributed by atoms with Crippen molar-refractivity contribution in [2.24, 2.45) is 0 Å². The molecule has 0 spiro atoms. The van der Waals surface area contributed by atoms with Gasteiger partial charge in [0.1, 0.15) is 7.11 Å². The highest BCUT2D eigenvalue weighted by atomic mass is 35.5. The van der Waals surface area contributed by atoms with Crippen molar-refractivity contribution in [3.8, 4) is 11.1 Å². The van der Waals surface area contributed by atoms with Crippen LogP contribution in [0.2, 0.25) is 10.0 Å². The van der Waals surface area contributed by atoms with Gasteiger partial charge in [-0.3, -0.25) is 4.79 Å². The normalized spacial score (nSPS) is 10.8. The molecule has 3 nitrogen and oxygen atoms in total. The lowest BCUT2D eigenvalue weighted by Crippen LogP contribution is -2.24. The van der Waals surface area contributed by atoms with Gasteiger partial charge in [-0.1, -0.05) is 41.4 Å². The van der Waals surface area contributed by atoms with E-state index in [9.17, 15) is 4.79 Å². The summed E-state index contributed by atoms with van der Waals surface area (Å²) in [6, 6.07) is 14.3. The number of nitrogens with zero attached hydrogens (tertiary/aromatic N) is 1. The van der Waals surface area contributed by atoms with Gasteiger partial charge in [-0.15, -0.1) is 4.73 Å². The standard InChI is InChI=1S/C16H11Cl2NO2/c1-21-19-15-8-12(18)6-7-13(15)14(9-16(19)20)10-2-4-11(17)5-3-10/h2-9H,1H3. The van der Waals surface area contributed by atoms with Gasteiger partial charge in [0.2, 0.25) is 0 Å². The van der Waals surface area contributed by atoms with Crippen LogP contribution < -0.4 is 10.4 Å². The van der Waals surface area contributed by atoms with E-state index in [1.807, 2.05) is 18.2 Å². The number of aromatic nitrogens is 1. The minimum Gasteiger partial charge on any atom is -0.413 e. The Morgan fingerprint density at radius 3 is 2.29 bits per heavy atom. The molecule has 0 bridgehead atoms. The zero-order valence-corrected chi connectivity index (χ0v) is 12.7. The summed E-state index contributed by atoms with van der Waals surface area (Å²) in [5.41, 5.74) is 2.10. The zero-order chi connectivity index (χ0) is 15.0.